The average Bonchev–Trinajstić information content (AvgIpc) is 3.17. The number of carbonyl (C=O) groups excluding carboxylic acids is 1. The second kappa shape index (κ2) is 14.8. The minimum Gasteiger partial charge on any atom is -0.377 e. The normalized spacial score (nSPS) is 15.6. The van der Waals surface area contributed by atoms with Crippen LogP contribution < -0.4 is 5.32 Å². The summed E-state index contributed by atoms with van der Waals surface area (Å²) in [6.45, 7) is 6.40. The zero-order chi connectivity index (χ0) is 20.7. The summed E-state index contributed by atoms with van der Waals surface area (Å²) in [5, 5.41) is 10.9. The molecule has 166 valence electrons. The molecular weight excluding hydrogens is 422 g/mol. The second-order valence-electron chi connectivity index (χ2n) is 6.42. The lowest BCUT2D eigenvalue weighted by molar-refractivity contribution is -0.118. The first-order chi connectivity index (χ1) is 14.2. The summed E-state index contributed by atoms with van der Waals surface area (Å²) in [5.41, 5.74) is 0.920. The molecule has 0 aromatic carbocycles. The highest BCUT2D eigenvalue weighted by Gasteiger charge is 2.16. The van der Waals surface area contributed by atoms with Crippen molar-refractivity contribution in [2.75, 3.05) is 76.7 Å². The van der Waals surface area contributed by atoms with Gasteiger partial charge in [0.15, 0.2) is 0 Å². The Morgan fingerprint density at radius 2 is 1.76 bits per heavy atom. The van der Waals surface area contributed by atoms with Gasteiger partial charge in [-0.25, -0.2) is 4.68 Å². The van der Waals surface area contributed by atoms with Gasteiger partial charge in [0.25, 0.3) is 0 Å². The number of alkyl halides is 1. The summed E-state index contributed by atoms with van der Waals surface area (Å²) < 4.78 is 29.4. The van der Waals surface area contributed by atoms with Crippen LogP contribution >= 0.6 is 11.6 Å². The van der Waals surface area contributed by atoms with Gasteiger partial charge in [-0.3, -0.25) is 13.9 Å². The molecule has 0 bridgehead atoms. The van der Waals surface area contributed by atoms with Crippen LogP contribution in [0.15, 0.2) is 6.20 Å². The maximum absolute atomic E-state index is 11.4. The molecule has 1 fully saturated rings. The van der Waals surface area contributed by atoms with E-state index >= 15 is 0 Å². The van der Waals surface area contributed by atoms with E-state index in [1.807, 2.05) is 6.20 Å². The zero-order valence-corrected chi connectivity index (χ0v) is 18.2. The van der Waals surface area contributed by atoms with Gasteiger partial charge < -0.3 is 19.5 Å². The number of amides is 1. The highest BCUT2D eigenvalue weighted by atomic mass is 35.5. The van der Waals surface area contributed by atoms with E-state index < -0.39 is 10.8 Å². The fourth-order valence-corrected chi connectivity index (χ4v) is 3.82. The van der Waals surface area contributed by atoms with Gasteiger partial charge in [-0.05, 0) is 0 Å². The van der Waals surface area contributed by atoms with Crippen molar-refractivity contribution in [1.29, 1.82) is 0 Å². The molecule has 0 aliphatic carbocycles. The highest BCUT2D eigenvalue weighted by molar-refractivity contribution is 7.85. The van der Waals surface area contributed by atoms with Gasteiger partial charge in [0.1, 0.15) is 5.88 Å². The monoisotopic (exact) mass is 451 g/mol. The Balaban J connectivity index is 1.40. The number of aromatic nitrogens is 3. The Morgan fingerprint density at radius 1 is 1.10 bits per heavy atom. The minimum absolute atomic E-state index is 0.0378. The van der Waals surface area contributed by atoms with Crippen LogP contribution in [0.25, 0.3) is 0 Å². The number of carbonyl (C=O) groups is 1. The van der Waals surface area contributed by atoms with Crippen LogP contribution in [0.5, 0.6) is 0 Å². The van der Waals surface area contributed by atoms with Gasteiger partial charge in [-0.15, -0.1) is 16.7 Å². The SMILES string of the molecule is O=C(CCl)NCCOCCOCCOCCn1cc(CN2CCS(=O)CC2)nn1. The van der Waals surface area contributed by atoms with Gasteiger partial charge >= 0.3 is 0 Å². The summed E-state index contributed by atoms with van der Waals surface area (Å²) in [4.78, 5) is 13.2. The van der Waals surface area contributed by atoms with Gasteiger partial charge in [-0.2, -0.15) is 0 Å². The molecule has 1 aliphatic rings. The topological polar surface area (TPSA) is 108 Å². The van der Waals surface area contributed by atoms with Crippen molar-refractivity contribution in [3.63, 3.8) is 0 Å². The Morgan fingerprint density at radius 3 is 2.45 bits per heavy atom. The van der Waals surface area contributed by atoms with Crippen molar-refractivity contribution < 1.29 is 23.2 Å². The van der Waals surface area contributed by atoms with E-state index in [9.17, 15) is 9.00 Å². The van der Waals surface area contributed by atoms with Crippen LogP contribution in [0.3, 0.4) is 0 Å². The van der Waals surface area contributed by atoms with E-state index in [-0.39, 0.29) is 11.8 Å². The Bertz CT molecular complexity index is 611. The predicted octanol–water partition coefficient (Wildman–Crippen LogP) is -0.753. The first-order valence-corrected chi connectivity index (χ1v) is 11.7. The fraction of sp³-hybridized carbons (Fsp3) is 0.824. The molecule has 10 nitrogen and oxygen atoms in total. The van der Waals surface area contributed by atoms with Gasteiger partial charge in [-0.1, -0.05) is 5.21 Å². The molecule has 12 heteroatoms. The Labute approximate surface area is 178 Å². The lowest BCUT2D eigenvalue weighted by Gasteiger charge is -2.24. The van der Waals surface area contributed by atoms with Crippen molar-refractivity contribution in [2.45, 2.75) is 13.1 Å². The third-order valence-electron chi connectivity index (χ3n) is 4.14. The lowest BCUT2D eigenvalue weighted by atomic mass is 10.4. The van der Waals surface area contributed by atoms with Crippen LogP contribution in [0.1, 0.15) is 5.69 Å². The average molecular weight is 452 g/mol. The van der Waals surface area contributed by atoms with Crippen molar-refractivity contribution in [2.24, 2.45) is 0 Å². The molecule has 0 unspecified atom stereocenters. The molecule has 29 heavy (non-hydrogen) atoms. The van der Waals surface area contributed by atoms with Crippen LogP contribution in [0.4, 0.5) is 0 Å². The first kappa shape index (κ1) is 24.2. The molecule has 0 spiro atoms. The van der Waals surface area contributed by atoms with Crippen molar-refractivity contribution in [1.82, 2.24) is 25.2 Å². The molecule has 1 aromatic rings. The number of nitrogens with zero attached hydrogens (tertiary/aromatic N) is 4. The largest absolute Gasteiger partial charge is 0.377 e. The summed E-state index contributed by atoms with van der Waals surface area (Å²) in [6, 6.07) is 0. The molecule has 1 N–H and O–H groups in total. The Hall–Kier alpha value is -1.11. The van der Waals surface area contributed by atoms with Gasteiger partial charge in [0.05, 0.1) is 51.9 Å². The third-order valence-corrected chi connectivity index (χ3v) is 5.66. The first-order valence-electron chi connectivity index (χ1n) is 9.69. The number of hydrogen-bond donors (Lipinski definition) is 1. The van der Waals surface area contributed by atoms with Gasteiger partial charge in [0, 0.05) is 54.7 Å². The molecule has 2 heterocycles. The van der Waals surface area contributed by atoms with Crippen molar-refractivity contribution in [3.05, 3.63) is 11.9 Å². The molecular formula is C17H30ClN5O5S. The van der Waals surface area contributed by atoms with Crippen LogP contribution in [-0.4, -0.2) is 107 Å². The second-order valence-corrected chi connectivity index (χ2v) is 8.38. The summed E-state index contributed by atoms with van der Waals surface area (Å²) >= 11 is 5.36. The molecule has 0 saturated carbocycles. The molecule has 0 atom stereocenters. The smallest absolute Gasteiger partial charge is 0.235 e. The standard InChI is InChI=1S/C17H30ClN5O5S/c18-13-17(24)19-1-5-26-7-9-28-10-8-27-6-2-23-15-16(20-21-23)14-22-3-11-29(25)12-4-22/h15H,1-14H2,(H,19,24). The highest BCUT2D eigenvalue weighted by Crippen LogP contribution is 2.05. The van der Waals surface area contributed by atoms with Crippen molar-refractivity contribution in [3.8, 4) is 0 Å². The molecule has 1 aromatic heterocycles. The minimum atomic E-state index is -0.661. The number of rotatable bonds is 15. The molecule has 1 amide bonds. The molecule has 1 aliphatic heterocycles. The van der Waals surface area contributed by atoms with E-state index in [1.54, 1.807) is 4.68 Å². The predicted molar refractivity (Wildman–Crippen MR) is 109 cm³/mol. The number of halogens is 1. The number of hydrogen-bond acceptors (Lipinski definition) is 8. The summed E-state index contributed by atoms with van der Waals surface area (Å²) in [6.07, 6.45) is 1.93. The molecule has 0 radical (unpaired) electrons. The van der Waals surface area contributed by atoms with E-state index in [0.717, 1.165) is 36.8 Å². The molecule has 2 rings (SSSR count). The van der Waals surface area contributed by atoms with E-state index in [4.69, 9.17) is 25.8 Å². The van der Waals surface area contributed by atoms with Gasteiger partial charge in [0.2, 0.25) is 5.91 Å². The van der Waals surface area contributed by atoms with Crippen LogP contribution in [0, 0.1) is 0 Å². The third kappa shape index (κ3) is 11.0. The maximum atomic E-state index is 11.4. The zero-order valence-electron chi connectivity index (χ0n) is 16.6. The van der Waals surface area contributed by atoms with E-state index in [0.29, 0.717) is 52.7 Å². The van der Waals surface area contributed by atoms with E-state index in [2.05, 4.69) is 20.5 Å². The Kier molecular flexibility index (Phi) is 12.3. The van der Waals surface area contributed by atoms with E-state index in [1.165, 1.54) is 0 Å². The maximum Gasteiger partial charge on any atom is 0.235 e. The summed E-state index contributed by atoms with van der Waals surface area (Å²) in [5.74, 6) is 1.24. The number of nitrogens with one attached hydrogen (secondary N) is 1. The van der Waals surface area contributed by atoms with Crippen LogP contribution in [-0.2, 0) is 42.9 Å². The lowest BCUT2D eigenvalue weighted by Crippen LogP contribution is -2.37. The molecule has 1 saturated heterocycles. The van der Waals surface area contributed by atoms with Crippen molar-refractivity contribution >= 4 is 28.3 Å². The quantitative estimate of drug-likeness (QED) is 0.274. The summed E-state index contributed by atoms with van der Waals surface area (Å²) in [7, 11) is -0.661. The van der Waals surface area contributed by atoms with Crippen LogP contribution in [0.2, 0.25) is 0 Å². The fourth-order valence-electron chi connectivity index (χ4n) is 2.59. The number of ether oxygens (including phenoxy) is 3.